The van der Waals surface area contributed by atoms with Crippen molar-refractivity contribution in [2.75, 3.05) is 12.8 Å². The summed E-state index contributed by atoms with van der Waals surface area (Å²) in [4.78, 5) is 15.8. The normalized spacial score (nSPS) is 11.2. The first-order chi connectivity index (χ1) is 8.81. The van der Waals surface area contributed by atoms with Crippen LogP contribution < -0.4 is 10.5 Å². The number of aromatic nitrogens is 1. The lowest BCUT2D eigenvalue weighted by molar-refractivity contribution is -0.154. The molecule has 0 radical (unpaired) electrons. The fourth-order valence-corrected chi connectivity index (χ4v) is 1.60. The second kappa shape index (κ2) is 6.41. The average molecular weight is 266 g/mol. The van der Waals surface area contributed by atoms with E-state index in [0.717, 1.165) is 5.69 Å². The molecule has 0 unspecified atom stereocenters. The number of ether oxygens (including phenoxy) is 2. The van der Waals surface area contributed by atoms with Gasteiger partial charge in [-0.05, 0) is 39.7 Å². The number of anilines is 1. The second-order valence-electron chi connectivity index (χ2n) is 5.33. The van der Waals surface area contributed by atoms with E-state index in [-0.39, 0.29) is 5.97 Å². The van der Waals surface area contributed by atoms with Crippen LogP contribution in [0.1, 0.15) is 39.3 Å². The predicted molar refractivity (Wildman–Crippen MR) is 74.0 cm³/mol. The molecular weight excluding hydrogens is 244 g/mol. The Morgan fingerprint density at radius 2 is 2.05 bits per heavy atom. The summed E-state index contributed by atoms with van der Waals surface area (Å²) in [6, 6.07) is 3.47. The zero-order valence-electron chi connectivity index (χ0n) is 12.0. The molecule has 0 aliphatic rings. The molecule has 0 aliphatic carbocycles. The molecule has 2 N–H and O–H groups in total. The van der Waals surface area contributed by atoms with Gasteiger partial charge in [0.2, 0.25) is 5.88 Å². The monoisotopic (exact) mass is 266 g/mol. The molecule has 1 heterocycles. The van der Waals surface area contributed by atoms with Gasteiger partial charge in [0.15, 0.2) is 0 Å². The third kappa shape index (κ3) is 5.59. The van der Waals surface area contributed by atoms with E-state index in [0.29, 0.717) is 30.8 Å². The Kier molecular flexibility index (Phi) is 5.15. The molecule has 5 nitrogen and oxygen atoms in total. The number of aryl methyl sites for hydroxylation is 1. The van der Waals surface area contributed by atoms with Crippen LogP contribution in [-0.2, 0) is 16.0 Å². The minimum atomic E-state index is -0.440. The van der Waals surface area contributed by atoms with Crippen LogP contribution >= 0.6 is 0 Å². The minimum absolute atomic E-state index is 0.200. The number of carbonyl (C=O) groups is 1. The van der Waals surface area contributed by atoms with Gasteiger partial charge in [-0.1, -0.05) is 0 Å². The van der Waals surface area contributed by atoms with Crippen molar-refractivity contribution in [3.63, 3.8) is 0 Å². The zero-order valence-corrected chi connectivity index (χ0v) is 12.0. The van der Waals surface area contributed by atoms with Gasteiger partial charge in [0, 0.05) is 12.5 Å². The van der Waals surface area contributed by atoms with Crippen LogP contribution in [0.3, 0.4) is 0 Å². The number of esters is 1. The maximum Gasteiger partial charge on any atom is 0.306 e. The van der Waals surface area contributed by atoms with Crippen LogP contribution in [0.4, 0.5) is 5.69 Å². The van der Waals surface area contributed by atoms with E-state index >= 15 is 0 Å². The summed E-state index contributed by atoms with van der Waals surface area (Å²) in [6.45, 7) is 5.56. The highest BCUT2D eigenvalue weighted by Crippen LogP contribution is 2.17. The number of carbonyl (C=O) groups excluding carboxylic acids is 1. The maximum atomic E-state index is 11.6. The molecule has 0 atom stereocenters. The first-order valence-electron chi connectivity index (χ1n) is 6.33. The third-order valence-corrected chi connectivity index (χ3v) is 2.41. The summed E-state index contributed by atoms with van der Waals surface area (Å²) in [5.74, 6) is 0.329. The van der Waals surface area contributed by atoms with E-state index in [1.165, 1.54) is 0 Å². The van der Waals surface area contributed by atoms with Crippen LogP contribution in [-0.4, -0.2) is 23.7 Å². The smallest absolute Gasteiger partial charge is 0.306 e. The van der Waals surface area contributed by atoms with Gasteiger partial charge < -0.3 is 15.2 Å². The van der Waals surface area contributed by atoms with Crippen molar-refractivity contribution in [1.29, 1.82) is 0 Å². The van der Waals surface area contributed by atoms with Crippen molar-refractivity contribution < 1.29 is 14.3 Å². The molecule has 0 amide bonds. The van der Waals surface area contributed by atoms with Crippen molar-refractivity contribution in [2.45, 2.75) is 45.6 Å². The van der Waals surface area contributed by atoms with E-state index in [4.69, 9.17) is 15.2 Å². The van der Waals surface area contributed by atoms with Crippen LogP contribution in [0.2, 0.25) is 0 Å². The van der Waals surface area contributed by atoms with Crippen LogP contribution in [0.15, 0.2) is 12.1 Å². The first-order valence-corrected chi connectivity index (χ1v) is 6.33. The molecule has 1 aromatic rings. The highest BCUT2D eigenvalue weighted by Gasteiger charge is 2.16. The van der Waals surface area contributed by atoms with E-state index in [1.54, 1.807) is 19.2 Å². The molecule has 106 valence electrons. The summed E-state index contributed by atoms with van der Waals surface area (Å²) in [5.41, 5.74) is 6.76. The summed E-state index contributed by atoms with van der Waals surface area (Å²) < 4.78 is 10.3. The molecule has 0 aromatic carbocycles. The Balaban J connectivity index is 2.47. The van der Waals surface area contributed by atoms with Gasteiger partial charge in [0.1, 0.15) is 5.60 Å². The standard InChI is InChI=1S/C14H22N2O3/c1-14(2,3)19-13(17)7-5-6-11-10(15)8-9-12(16-11)18-4/h8-9H,5-7,15H2,1-4H3. The largest absolute Gasteiger partial charge is 0.481 e. The van der Waals surface area contributed by atoms with E-state index in [2.05, 4.69) is 4.98 Å². The fourth-order valence-electron chi connectivity index (χ4n) is 1.60. The molecule has 0 saturated heterocycles. The van der Waals surface area contributed by atoms with Gasteiger partial charge >= 0.3 is 5.97 Å². The number of nitrogens with two attached hydrogens (primary N) is 1. The summed E-state index contributed by atoms with van der Waals surface area (Å²) in [6.07, 6.45) is 1.64. The van der Waals surface area contributed by atoms with Crippen molar-refractivity contribution in [2.24, 2.45) is 0 Å². The van der Waals surface area contributed by atoms with Gasteiger partial charge in [-0.15, -0.1) is 0 Å². The van der Waals surface area contributed by atoms with Gasteiger partial charge in [-0.2, -0.15) is 0 Å². The topological polar surface area (TPSA) is 74.4 Å². The second-order valence-corrected chi connectivity index (χ2v) is 5.33. The Hall–Kier alpha value is -1.78. The van der Waals surface area contributed by atoms with Gasteiger partial charge in [-0.25, -0.2) is 4.98 Å². The Labute approximate surface area is 114 Å². The predicted octanol–water partition coefficient (Wildman–Crippen LogP) is 2.34. The Morgan fingerprint density at radius 1 is 1.37 bits per heavy atom. The lowest BCUT2D eigenvalue weighted by atomic mass is 10.1. The molecule has 0 aliphatic heterocycles. The number of nitrogen functional groups attached to an aromatic ring is 1. The number of pyridine rings is 1. The Bertz CT molecular complexity index is 439. The molecule has 5 heteroatoms. The summed E-state index contributed by atoms with van der Waals surface area (Å²) in [7, 11) is 1.56. The fraction of sp³-hybridized carbons (Fsp3) is 0.571. The van der Waals surface area contributed by atoms with E-state index in [9.17, 15) is 4.79 Å². The zero-order chi connectivity index (χ0) is 14.5. The summed E-state index contributed by atoms with van der Waals surface area (Å²) >= 11 is 0. The van der Waals surface area contributed by atoms with Gasteiger partial charge in [-0.3, -0.25) is 4.79 Å². The molecule has 0 bridgehead atoms. The SMILES string of the molecule is COc1ccc(N)c(CCCC(=O)OC(C)(C)C)n1. The maximum absolute atomic E-state index is 11.6. The molecule has 0 fully saturated rings. The number of hydrogen-bond donors (Lipinski definition) is 1. The third-order valence-electron chi connectivity index (χ3n) is 2.41. The molecule has 0 saturated carbocycles. The number of hydrogen-bond acceptors (Lipinski definition) is 5. The van der Waals surface area contributed by atoms with Crippen LogP contribution in [0.5, 0.6) is 5.88 Å². The highest BCUT2D eigenvalue weighted by molar-refractivity contribution is 5.69. The van der Waals surface area contributed by atoms with Crippen molar-refractivity contribution in [3.8, 4) is 5.88 Å². The van der Waals surface area contributed by atoms with E-state index < -0.39 is 5.60 Å². The van der Waals surface area contributed by atoms with E-state index in [1.807, 2.05) is 20.8 Å². The van der Waals surface area contributed by atoms with Gasteiger partial charge in [0.25, 0.3) is 0 Å². The van der Waals surface area contributed by atoms with Crippen molar-refractivity contribution >= 4 is 11.7 Å². The lowest BCUT2D eigenvalue weighted by Crippen LogP contribution is -2.23. The number of nitrogens with zero attached hydrogens (tertiary/aromatic N) is 1. The molecule has 1 aromatic heterocycles. The molecule has 1 rings (SSSR count). The number of rotatable bonds is 5. The number of methoxy groups -OCH3 is 1. The van der Waals surface area contributed by atoms with Crippen LogP contribution in [0, 0.1) is 0 Å². The molecule has 19 heavy (non-hydrogen) atoms. The lowest BCUT2D eigenvalue weighted by Gasteiger charge is -2.19. The van der Waals surface area contributed by atoms with Crippen molar-refractivity contribution in [1.82, 2.24) is 4.98 Å². The molecule has 0 spiro atoms. The molecular formula is C14H22N2O3. The highest BCUT2D eigenvalue weighted by atomic mass is 16.6. The van der Waals surface area contributed by atoms with Crippen molar-refractivity contribution in [3.05, 3.63) is 17.8 Å². The summed E-state index contributed by atoms with van der Waals surface area (Å²) in [5, 5.41) is 0. The first kappa shape index (κ1) is 15.3. The van der Waals surface area contributed by atoms with Crippen LogP contribution in [0.25, 0.3) is 0 Å². The minimum Gasteiger partial charge on any atom is -0.481 e. The Morgan fingerprint density at radius 3 is 2.63 bits per heavy atom. The average Bonchev–Trinajstić information content (AvgIpc) is 2.29. The van der Waals surface area contributed by atoms with Gasteiger partial charge in [0.05, 0.1) is 18.5 Å². The quantitative estimate of drug-likeness (QED) is 0.828.